The van der Waals surface area contributed by atoms with E-state index in [4.69, 9.17) is 10.5 Å². The quantitative estimate of drug-likeness (QED) is 0.851. The molecule has 0 saturated heterocycles. The Hall–Kier alpha value is -2.21. The number of ether oxygens (including phenoxy) is 1. The molecule has 0 heterocycles. The number of sulfonamides is 1. The number of rotatable bonds is 4. The van der Waals surface area contributed by atoms with Crippen LogP contribution in [-0.2, 0) is 10.0 Å². The van der Waals surface area contributed by atoms with Crippen LogP contribution in [0.1, 0.15) is 11.1 Å². The highest BCUT2D eigenvalue weighted by atomic mass is 32.2. The van der Waals surface area contributed by atoms with Gasteiger partial charge in [0.15, 0.2) is 0 Å². The van der Waals surface area contributed by atoms with Crippen LogP contribution in [0, 0.1) is 13.8 Å². The summed E-state index contributed by atoms with van der Waals surface area (Å²) in [6.07, 6.45) is 0. The monoisotopic (exact) mass is 306 g/mol. The smallest absolute Gasteiger partial charge is 0.262 e. The fourth-order valence-corrected chi connectivity index (χ4v) is 3.79. The molecule has 0 amide bonds. The zero-order valence-corrected chi connectivity index (χ0v) is 13.0. The average Bonchev–Trinajstić information content (AvgIpc) is 2.37. The van der Waals surface area contributed by atoms with E-state index in [1.807, 2.05) is 0 Å². The van der Waals surface area contributed by atoms with Gasteiger partial charge in [0.1, 0.15) is 5.75 Å². The van der Waals surface area contributed by atoms with Crippen molar-refractivity contribution in [3.63, 3.8) is 0 Å². The molecular weight excluding hydrogens is 288 g/mol. The number of benzene rings is 2. The Kier molecular flexibility index (Phi) is 4.09. The molecule has 0 unspecified atom stereocenters. The van der Waals surface area contributed by atoms with Crippen LogP contribution < -0.4 is 15.2 Å². The lowest BCUT2D eigenvalue weighted by Crippen LogP contribution is -2.16. The van der Waals surface area contributed by atoms with E-state index in [1.54, 1.807) is 57.4 Å². The Morgan fingerprint density at radius 3 is 2.05 bits per heavy atom. The van der Waals surface area contributed by atoms with E-state index >= 15 is 0 Å². The van der Waals surface area contributed by atoms with Crippen LogP contribution in [0.2, 0.25) is 0 Å². The van der Waals surface area contributed by atoms with Gasteiger partial charge >= 0.3 is 0 Å². The van der Waals surface area contributed by atoms with Gasteiger partial charge in [0.05, 0.1) is 12.0 Å². The first kappa shape index (κ1) is 15.2. The molecule has 0 fully saturated rings. The van der Waals surface area contributed by atoms with Crippen LogP contribution in [0.4, 0.5) is 11.4 Å². The molecule has 112 valence electrons. The summed E-state index contributed by atoms with van der Waals surface area (Å²) in [6, 6.07) is 9.99. The molecule has 5 nitrogen and oxygen atoms in total. The Balaban J connectivity index is 2.38. The first-order valence-corrected chi connectivity index (χ1v) is 7.85. The lowest BCUT2D eigenvalue weighted by atomic mass is 10.1. The minimum absolute atomic E-state index is 0.257. The summed E-state index contributed by atoms with van der Waals surface area (Å²) in [7, 11) is -2.10. The molecule has 0 aliphatic carbocycles. The second kappa shape index (κ2) is 5.65. The second-order valence-corrected chi connectivity index (χ2v) is 6.44. The predicted molar refractivity (Wildman–Crippen MR) is 84.1 cm³/mol. The molecular formula is C15H18N2O3S. The normalized spacial score (nSPS) is 11.2. The summed E-state index contributed by atoms with van der Waals surface area (Å²) in [4.78, 5) is 0.257. The first-order chi connectivity index (χ1) is 9.83. The number of methoxy groups -OCH3 is 1. The van der Waals surface area contributed by atoms with E-state index < -0.39 is 10.0 Å². The van der Waals surface area contributed by atoms with Crippen LogP contribution in [-0.4, -0.2) is 15.5 Å². The summed E-state index contributed by atoms with van der Waals surface area (Å²) in [5, 5.41) is 0. The van der Waals surface area contributed by atoms with Gasteiger partial charge in [-0.15, -0.1) is 0 Å². The summed E-state index contributed by atoms with van der Waals surface area (Å²) in [6.45, 7) is 3.46. The molecule has 0 radical (unpaired) electrons. The van der Waals surface area contributed by atoms with Crippen molar-refractivity contribution in [1.29, 1.82) is 0 Å². The highest BCUT2D eigenvalue weighted by Gasteiger charge is 2.20. The van der Waals surface area contributed by atoms with Gasteiger partial charge in [0.25, 0.3) is 10.0 Å². The maximum Gasteiger partial charge on any atom is 0.262 e. The lowest BCUT2D eigenvalue weighted by molar-refractivity contribution is 0.415. The average molecular weight is 306 g/mol. The third-order valence-electron chi connectivity index (χ3n) is 3.09. The number of anilines is 2. The minimum atomic E-state index is -3.66. The molecule has 2 aromatic rings. The molecule has 3 N–H and O–H groups in total. The van der Waals surface area contributed by atoms with Gasteiger partial charge in [-0.3, -0.25) is 4.72 Å². The highest BCUT2D eigenvalue weighted by Crippen LogP contribution is 2.26. The van der Waals surface area contributed by atoms with Gasteiger partial charge < -0.3 is 10.5 Å². The van der Waals surface area contributed by atoms with E-state index in [9.17, 15) is 8.42 Å². The van der Waals surface area contributed by atoms with Crippen molar-refractivity contribution in [3.8, 4) is 5.75 Å². The molecule has 6 heteroatoms. The summed E-state index contributed by atoms with van der Waals surface area (Å²) < 4.78 is 32.7. The largest absolute Gasteiger partial charge is 0.497 e. The molecule has 0 aliphatic heterocycles. The molecule has 2 rings (SSSR count). The number of nitrogens with one attached hydrogen (secondary N) is 1. The number of hydrogen-bond acceptors (Lipinski definition) is 4. The number of nitrogens with two attached hydrogens (primary N) is 1. The van der Waals surface area contributed by atoms with E-state index in [2.05, 4.69) is 4.72 Å². The van der Waals surface area contributed by atoms with Gasteiger partial charge in [-0.2, -0.15) is 0 Å². The molecule has 0 aliphatic rings. The van der Waals surface area contributed by atoms with E-state index in [0.29, 0.717) is 28.3 Å². The van der Waals surface area contributed by atoms with Crippen LogP contribution >= 0.6 is 0 Å². The molecule has 0 atom stereocenters. The zero-order valence-electron chi connectivity index (χ0n) is 12.2. The standard InChI is InChI=1S/C15H18N2O3S/c1-10-8-12(16)9-11(2)15(10)21(18,19)17-13-4-6-14(20-3)7-5-13/h4-9,17H,16H2,1-3H3. The molecule has 0 bridgehead atoms. The summed E-state index contributed by atoms with van der Waals surface area (Å²) >= 11 is 0. The highest BCUT2D eigenvalue weighted by molar-refractivity contribution is 7.92. The Bertz CT molecular complexity index is 730. The first-order valence-electron chi connectivity index (χ1n) is 6.37. The van der Waals surface area contributed by atoms with Crippen LogP contribution in [0.5, 0.6) is 5.75 Å². The number of nitrogen functional groups attached to an aromatic ring is 1. The summed E-state index contributed by atoms with van der Waals surface area (Å²) in [5.74, 6) is 0.665. The summed E-state index contributed by atoms with van der Waals surface area (Å²) in [5.41, 5.74) is 7.99. The second-order valence-electron chi connectivity index (χ2n) is 4.82. The number of hydrogen-bond donors (Lipinski definition) is 2. The van der Waals surface area contributed by atoms with Gasteiger partial charge in [-0.25, -0.2) is 8.42 Å². The predicted octanol–water partition coefficient (Wildman–Crippen LogP) is 2.70. The number of aryl methyl sites for hydroxylation is 2. The van der Waals surface area contributed by atoms with E-state index in [1.165, 1.54) is 0 Å². The van der Waals surface area contributed by atoms with Crippen molar-refractivity contribution in [2.45, 2.75) is 18.7 Å². The molecule has 2 aromatic carbocycles. The van der Waals surface area contributed by atoms with E-state index in [0.717, 1.165) is 0 Å². The van der Waals surface area contributed by atoms with Crippen LogP contribution in [0.25, 0.3) is 0 Å². The van der Waals surface area contributed by atoms with Crippen molar-refractivity contribution >= 4 is 21.4 Å². The molecule has 0 spiro atoms. The van der Waals surface area contributed by atoms with Gasteiger partial charge in [0.2, 0.25) is 0 Å². The third-order valence-corrected chi connectivity index (χ3v) is 4.78. The van der Waals surface area contributed by atoms with Gasteiger partial charge in [0, 0.05) is 11.4 Å². The van der Waals surface area contributed by atoms with Crippen molar-refractivity contribution in [2.75, 3.05) is 17.6 Å². The maximum absolute atomic E-state index is 12.5. The fourth-order valence-electron chi connectivity index (χ4n) is 2.27. The SMILES string of the molecule is COc1ccc(NS(=O)(=O)c2c(C)cc(N)cc2C)cc1. The van der Waals surface area contributed by atoms with Gasteiger partial charge in [-0.05, 0) is 61.4 Å². The Morgan fingerprint density at radius 2 is 1.57 bits per heavy atom. The van der Waals surface area contributed by atoms with Crippen molar-refractivity contribution in [3.05, 3.63) is 47.5 Å². The zero-order chi connectivity index (χ0) is 15.6. The Morgan fingerprint density at radius 1 is 1.05 bits per heavy atom. The van der Waals surface area contributed by atoms with Gasteiger partial charge in [-0.1, -0.05) is 0 Å². The van der Waals surface area contributed by atoms with Crippen molar-refractivity contribution in [1.82, 2.24) is 0 Å². The van der Waals surface area contributed by atoms with Crippen molar-refractivity contribution in [2.24, 2.45) is 0 Å². The fraction of sp³-hybridized carbons (Fsp3) is 0.200. The van der Waals surface area contributed by atoms with Crippen LogP contribution in [0.3, 0.4) is 0 Å². The van der Waals surface area contributed by atoms with Crippen LogP contribution in [0.15, 0.2) is 41.3 Å². The van der Waals surface area contributed by atoms with Crippen molar-refractivity contribution < 1.29 is 13.2 Å². The lowest BCUT2D eigenvalue weighted by Gasteiger charge is -2.14. The minimum Gasteiger partial charge on any atom is -0.497 e. The molecule has 0 aromatic heterocycles. The maximum atomic E-state index is 12.5. The van der Waals surface area contributed by atoms with E-state index in [-0.39, 0.29) is 4.90 Å². The third kappa shape index (κ3) is 3.28. The topological polar surface area (TPSA) is 81.4 Å². The molecule has 0 saturated carbocycles. The Labute approximate surface area is 124 Å². The molecule has 21 heavy (non-hydrogen) atoms.